The summed E-state index contributed by atoms with van der Waals surface area (Å²) in [4.78, 5) is 11.7. The van der Waals surface area contributed by atoms with E-state index in [1.54, 1.807) is 6.07 Å². The molecule has 0 radical (unpaired) electrons. The molecule has 1 fully saturated rings. The van der Waals surface area contributed by atoms with Crippen molar-refractivity contribution < 1.29 is 14.6 Å². The molecule has 1 atom stereocenters. The van der Waals surface area contributed by atoms with Crippen molar-refractivity contribution >= 4 is 23.2 Å². The van der Waals surface area contributed by atoms with Crippen LogP contribution in [-0.4, -0.2) is 23.7 Å². The molecule has 0 saturated carbocycles. The number of hydrogen-bond donors (Lipinski definition) is 2. The van der Waals surface area contributed by atoms with Crippen molar-refractivity contribution in [2.24, 2.45) is 0 Å². The van der Waals surface area contributed by atoms with Gasteiger partial charge in [-0.15, -0.1) is 0 Å². The summed E-state index contributed by atoms with van der Waals surface area (Å²) >= 11 is 5.77. The smallest absolute Gasteiger partial charge is 0.253 e. The molecule has 0 spiro atoms. The summed E-state index contributed by atoms with van der Waals surface area (Å²) in [5, 5.41) is 12.6. The Morgan fingerprint density at radius 2 is 2.38 bits per heavy atom. The van der Waals surface area contributed by atoms with Crippen molar-refractivity contribution in [1.82, 2.24) is 0 Å². The predicted molar refractivity (Wildman–Crippen MR) is 60.7 cm³/mol. The van der Waals surface area contributed by atoms with Crippen LogP contribution in [-0.2, 0) is 9.53 Å². The molecule has 1 aromatic carbocycles. The van der Waals surface area contributed by atoms with Gasteiger partial charge in [-0.2, -0.15) is 0 Å². The first-order chi connectivity index (χ1) is 7.66. The monoisotopic (exact) mass is 241 g/mol. The average Bonchev–Trinajstić information content (AvgIpc) is 2.76. The molecule has 0 bridgehead atoms. The predicted octanol–water partition coefficient (Wildman–Crippen LogP) is 2.16. The van der Waals surface area contributed by atoms with E-state index in [1.807, 2.05) is 0 Å². The van der Waals surface area contributed by atoms with E-state index in [4.69, 9.17) is 16.3 Å². The van der Waals surface area contributed by atoms with Gasteiger partial charge in [-0.3, -0.25) is 4.79 Å². The standard InChI is InChI=1S/C11H12ClNO3/c12-7-3-4-9(14)8(6-7)13-11(15)10-2-1-5-16-10/h3-4,6,10,14H,1-2,5H2,(H,13,15)/t10-/m1/s1. The first kappa shape index (κ1) is 11.2. The molecule has 1 amide bonds. The number of hydrogen-bond acceptors (Lipinski definition) is 3. The van der Waals surface area contributed by atoms with Crippen LogP contribution >= 0.6 is 11.6 Å². The van der Waals surface area contributed by atoms with E-state index >= 15 is 0 Å². The highest BCUT2D eigenvalue weighted by molar-refractivity contribution is 6.31. The molecule has 1 heterocycles. The molecule has 5 heteroatoms. The number of nitrogens with one attached hydrogen (secondary N) is 1. The lowest BCUT2D eigenvalue weighted by Gasteiger charge is -2.11. The Hall–Kier alpha value is -1.26. The second-order valence-corrected chi connectivity index (χ2v) is 4.09. The number of anilines is 1. The summed E-state index contributed by atoms with van der Waals surface area (Å²) in [7, 11) is 0. The number of amides is 1. The van der Waals surface area contributed by atoms with E-state index in [0.29, 0.717) is 23.7 Å². The molecule has 2 rings (SSSR count). The molecule has 1 aliphatic heterocycles. The zero-order chi connectivity index (χ0) is 11.5. The Bertz CT molecular complexity index is 402. The molecular formula is C11H12ClNO3. The van der Waals surface area contributed by atoms with Gasteiger partial charge >= 0.3 is 0 Å². The van der Waals surface area contributed by atoms with Crippen LogP contribution in [0.5, 0.6) is 5.75 Å². The molecule has 2 N–H and O–H groups in total. The van der Waals surface area contributed by atoms with Crippen LogP contribution in [0, 0.1) is 0 Å². The number of benzene rings is 1. The highest BCUT2D eigenvalue weighted by Crippen LogP contribution is 2.27. The number of aromatic hydroxyl groups is 1. The van der Waals surface area contributed by atoms with Crippen LogP contribution in [0.2, 0.25) is 5.02 Å². The lowest BCUT2D eigenvalue weighted by molar-refractivity contribution is -0.124. The second-order valence-electron chi connectivity index (χ2n) is 3.65. The van der Waals surface area contributed by atoms with E-state index in [9.17, 15) is 9.90 Å². The third kappa shape index (κ3) is 2.46. The number of phenols is 1. The molecule has 1 aliphatic rings. The SMILES string of the molecule is O=C(Nc1cc(Cl)ccc1O)[C@H]1CCCO1. The van der Waals surface area contributed by atoms with Gasteiger partial charge in [-0.1, -0.05) is 11.6 Å². The van der Waals surface area contributed by atoms with Crippen LogP contribution in [0.4, 0.5) is 5.69 Å². The van der Waals surface area contributed by atoms with E-state index in [1.165, 1.54) is 12.1 Å². The van der Waals surface area contributed by atoms with Crippen molar-refractivity contribution in [1.29, 1.82) is 0 Å². The topological polar surface area (TPSA) is 58.6 Å². The van der Waals surface area contributed by atoms with Gasteiger partial charge in [0.2, 0.25) is 0 Å². The first-order valence-corrected chi connectivity index (χ1v) is 5.45. The summed E-state index contributed by atoms with van der Waals surface area (Å²) in [6.45, 7) is 0.611. The Kier molecular flexibility index (Phi) is 3.31. The third-order valence-electron chi connectivity index (χ3n) is 2.44. The minimum Gasteiger partial charge on any atom is -0.506 e. The lowest BCUT2D eigenvalue weighted by Crippen LogP contribution is -2.26. The van der Waals surface area contributed by atoms with Crippen LogP contribution < -0.4 is 5.32 Å². The van der Waals surface area contributed by atoms with Crippen molar-refractivity contribution in [3.63, 3.8) is 0 Å². The fourth-order valence-electron chi connectivity index (χ4n) is 1.61. The summed E-state index contributed by atoms with van der Waals surface area (Å²) < 4.78 is 5.23. The van der Waals surface area contributed by atoms with Gasteiger partial charge in [0.15, 0.2) is 0 Å². The van der Waals surface area contributed by atoms with Crippen LogP contribution in [0.15, 0.2) is 18.2 Å². The highest BCUT2D eigenvalue weighted by atomic mass is 35.5. The normalized spacial score (nSPS) is 19.7. The lowest BCUT2D eigenvalue weighted by atomic mass is 10.2. The van der Waals surface area contributed by atoms with Gasteiger partial charge in [0.05, 0.1) is 5.69 Å². The zero-order valence-corrected chi connectivity index (χ0v) is 9.33. The molecule has 86 valence electrons. The van der Waals surface area contributed by atoms with Crippen molar-refractivity contribution in [3.05, 3.63) is 23.2 Å². The van der Waals surface area contributed by atoms with Gasteiger partial charge in [0.25, 0.3) is 5.91 Å². The van der Waals surface area contributed by atoms with E-state index in [2.05, 4.69) is 5.32 Å². The summed E-state index contributed by atoms with van der Waals surface area (Å²) in [5.41, 5.74) is 0.313. The maximum Gasteiger partial charge on any atom is 0.253 e. The Balaban J connectivity index is 2.07. The quantitative estimate of drug-likeness (QED) is 0.780. The maximum absolute atomic E-state index is 11.7. The minimum atomic E-state index is -0.418. The highest BCUT2D eigenvalue weighted by Gasteiger charge is 2.24. The number of carbonyl (C=O) groups is 1. The number of ether oxygens (including phenoxy) is 1. The van der Waals surface area contributed by atoms with Crippen molar-refractivity contribution in [3.8, 4) is 5.75 Å². The molecule has 0 aromatic heterocycles. The number of halogens is 1. The van der Waals surface area contributed by atoms with Crippen molar-refractivity contribution in [2.45, 2.75) is 18.9 Å². The fourth-order valence-corrected chi connectivity index (χ4v) is 1.78. The number of rotatable bonds is 2. The molecular weight excluding hydrogens is 230 g/mol. The zero-order valence-electron chi connectivity index (χ0n) is 8.57. The molecule has 0 unspecified atom stereocenters. The van der Waals surface area contributed by atoms with Gasteiger partial charge in [-0.05, 0) is 31.0 Å². The summed E-state index contributed by atoms with van der Waals surface area (Å²) in [6, 6.07) is 4.50. The molecule has 16 heavy (non-hydrogen) atoms. The number of carbonyl (C=O) groups excluding carboxylic acids is 1. The first-order valence-electron chi connectivity index (χ1n) is 5.08. The molecule has 1 saturated heterocycles. The van der Waals surface area contributed by atoms with E-state index < -0.39 is 6.10 Å². The van der Waals surface area contributed by atoms with Crippen LogP contribution in [0.25, 0.3) is 0 Å². The van der Waals surface area contributed by atoms with Gasteiger partial charge in [0, 0.05) is 11.6 Å². The molecule has 1 aromatic rings. The Labute approximate surface area is 98.2 Å². The summed E-state index contributed by atoms with van der Waals surface area (Å²) in [5.74, 6) is -0.245. The molecule has 4 nitrogen and oxygen atoms in total. The maximum atomic E-state index is 11.7. The van der Waals surface area contributed by atoms with Gasteiger partial charge in [-0.25, -0.2) is 0 Å². The van der Waals surface area contributed by atoms with Gasteiger partial charge in [0.1, 0.15) is 11.9 Å². The minimum absolute atomic E-state index is 0.00394. The van der Waals surface area contributed by atoms with E-state index in [-0.39, 0.29) is 11.7 Å². The Morgan fingerprint density at radius 3 is 3.06 bits per heavy atom. The Morgan fingerprint density at radius 1 is 1.56 bits per heavy atom. The van der Waals surface area contributed by atoms with Crippen LogP contribution in [0.1, 0.15) is 12.8 Å². The van der Waals surface area contributed by atoms with Gasteiger partial charge < -0.3 is 15.2 Å². The average molecular weight is 242 g/mol. The second kappa shape index (κ2) is 4.72. The number of phenolic OH excluding ortho intramolecular Hbond substituents is 1. The van der Waals surface area contributed by atoms with Crippen LogP contribution in [0.3, 0.4) is 0 Å². The fraction of sp³-hybridized carbons (Fsp3) is 0.364. The summed E-state index contributed by atoms with van der Waals surface area (Å²) in [6.07, 6.45) is 1.19. The third-order valence-corrected chi connectivity index (χ3v) is 2.67. The van der Waals surface area contributed by atoms with E-state index in [0.717, 1.165) is 6.42 Å². The van der Waals surface area contributed by atoms with Crippen molar-refractivity contribution in [2.75, 3.05) is 11.9 Å². The molecule has 0 aliphatic carbocycles. The largest absolute Gasteiger partial charge is 0.506 e.